The van der Waals surface area contributed by atoms with Crippen molar-refractivity contribution < 1.29 is 9.90 Å². The summed E-state index contributed by atoms with van der Waals surface area (Å²) in [7, 11) is 0. The van der Waals surface area contributed by atoms with Crippen molar-refractivity contribution in [2.75, 3.05) is 6.61 Å². The summed E-state index contributed by atoms with van der Waals surface area (Å²) in [5.74, 6) is -0.177. The van der Waals surface area contributed by atoms with E-state index in [9.17, 15) is 4.79 Å². The molecule has 0 aromatic carbocycles. The minimum absolute atomic E-state index is 0.0626. The first-order valence-electron chi connectivity index (χ1n) is 2.42. The average Bonchev–Trinajstić information content (AvgIpc) is 1.81. The van der Waals surface area contributed by atoms with E-state index in [0.29, 0.717) is 0 Å². The molecule has 4 N–H and O–H groups in total. The number of rotatable bonds is 1. The first-order chi connectivity index (χ1) is 3.75. The highest BCUT2D eigenvalue weighted by atomic mass is 16.3. The van der Waals surface area contributed by atoms with Crippen LogP contribution in [-0.4, -0.2) is 29.7 Å². The number of nitrogens with one attached hydrogen (secondary N) is 1. The van der Waals surface area contributed by atoms with Gasteiger partial charge in [-0.25, -0.2) is 0 Å². The van der Waals surface area contributed by atoms with Crippen LogP contribution < -0.4 is 11.1 Å². The van der Waals surface area contributed by atoms with Crippen molar-refractivity contribution in [1.29, 1.82) is 0 Å². The maximum atomic E-state index is 10.3. The number of aliphatic hydroxyl groups is 1. The standard InChI is InChI=1S/C4H8N2O2/c5-3-2(1-7)6-4(3)8/h2-3,7H,1,5H2,(H,6,8)/t2-,3+/m1/s1. The van der Waals surface area contributed by atoms with Crippen LogP contribution in [0.2, 0.25) is 0 Å². The number of carbonyl (C=O) groups is 1. The minimum atomic E-state index is -0.486. The lowest BCUT2D eigenvalue weighted by atomic mass is 10.0. The average molecular weight is 116 g/mol. The fraction of sp³-hybridized carbons (Fsp3) is 0.750. The summed E-state index contributed by atoms with van der Waals surface area (Å²) in [4.78, 5) is 10.3. The summed E-state index contributed by atoms with van der Waals surface area (Å²) >= 11 is 0. The summed E-state index contributed by atoms with van der Waals surface area (Å²) in [6.45, 7) is -0.0626. The second kappa shape index (κ2) is 1.72. The van der Waals surface area contributed by atoms with E-state index < -0.39 is 6.04 Å². The fourth-order valence-electron chi connectivity index (χ4n) is 0.614. The predicted octanol–water partition coefficient (Wildman–Crippen LogP) is -2.20. The third-order valence-corrected chi connectivity index (χ3v) is 1.26. The maximum absolute atomic E-state index is 10.3. The Labute approximate surface area is 46.7 Å². The van der Waals surface area contributed by atoms with Gasteiger partial charge in [-0.1, -0.05) is 0 Å². The Bertz CT molecular complexity index is 115. The Morgan fingerprint density at radius 2 is 2.50 bits per heavy atom. The Morgan fingerprint density at radius 1 is 1.88 bits per heavy atom. The van der Waals surface area contributed by atoms with Crippen molar-refractivity contribution >= 4 is 5.91 Å². The van der Waals surface area contributed by atoms with Crippen LogP contribution in [0.1, 0.15) is 0 Å². The Morgan fingerprint density at radius 3 is 2.62 bits per heavy atom. The molecule has 0 unspecified atom stereocenters. The van der Waals surface area contributed by atoms with E-state index in [0.717, 1.165) is 0 Å². The second-order valence-electron chi connectivity index (χ2n) is 1.82. The summed E-state index contributed by atoms with van der Waals surface area (Å²) in [5.41, 5.74) is 5.20. The molecule has 1 amide bonds. The largest absolute Gasteiger partial charge is 0.394 e. The SMILES string of the molecule is N[C@@H]1C(=O)N[C@@H]1CO. The van der Waals surface area contributed by atoms with Crippen molar-refractivity contribution in [2.24, 2.45) is 5.73 Å². The zero-order valence-corrected chi connectivity index (χ0v) is 4.29. The number of amides is 1. The monoisotopic (exact) mass is 116 g/mol. The highest BCUT2D eigenvalue weighted by Gasteiger charge is 2.34. The molecule has 1 heterocycles. The molecule has 0 spiro atoms. The highest BCUT2D eigenvalue weighted by Crippen LogP contribution is 2.00. The van der Waals surface area contributed by atoms with E-state index in [1.165, 1.54) is 0 Å². The van der Waals surface area contributed by atoms with Crippen molar-refractivity contribution in [1.82, 2.24) is 5.32 Å². The fourth-order valence-corrected chi connectivity index (χ4v) is 0.614. The zero-order chi connectivity index (χ0) is 6.15. The number of β-lactam (4-membered cyclic amide) rings is 1. The first-order valence-corrected chi connectivity index (χ1v) is 2.42. The Hall–Kier alpha value is -0.610. The van der Waals surface area contributed by atoms with Crippen LogP contribution in [0.5, 0.6) is 0 Å². The third-order valence-electron chi connectivity index (χ3n) is 1.26. The molecule has 0 bridgehead atoms. The van der Waals surface area contributed by atoms with Gasteiger partial charge < -0.3 is 16.2 Å². The van der Waals surface area contributed by atoms with Crippen LogP contribution in [0.4, 0.5) is 0 Å². The molecular formula is C4H8N2O2. The minimum Gasteiger partial charge on any atom is -0.394 e. The van der Waals surface area contributed by atoms with Crippen molar-refractivity contribution in [2.45, 2.75) is 12.1 Å². The highest BCUT2D eigenvalue weighted by molar-refractivity contribution is 5.88. The second-order valence-corrected chi connectivity index (χ2v) is 1.82. The van der Waals surface area contributed by atoms with Gasteiger partial charge in [-0.2, -0.15) is 0 Å². The molecule has 8 heavy (non-hydrogen) atoms. The third kappa shape index (κ3) is 0.579. The summed E-state index contributed by atoms with van der Waals surface area (Å²) in [5, 5.41) is 10.8. The molecule has 4 heteroatoms. The maximum Gasteiger partial charge on any atom is 0.239 e. The molecule has 0 aromatic heterocycles. The van der Waals surface area contributed by atoms with Crippen molar-refractivity contribution in [3.8, 4) is 0 Å². The van der Waals surface area contributed by atoms with E-state index in [-0.39, 0.29) is 18.6 Å². The lowest BCUT2D eigenvalue weighted by Crippen LogP contribution is -2.68. The molecule has 1 saturated heterocycles. The van der Waals surface area contributed by atoms with Gasteiger partial charge in [0.2, 0.25) is 5.91 Å². The van der Waals surface area contributed by atoms with E-state index >= 15 is 0 Å². The van der Waals surface area contributed by atoms with Crippen LogP contribution >= 0.6 is 0 Å². The van der Waals surface area contributed by atoms with Gasteiger partial charge in [0.25, 0.3) is 0 Å². The van der Waals surface area contributed by atoms with Crippen LogP contribution in [0, 0.1) is 0 Å². The summed E-state index contributed by atoms with van der Waals surface area (Å²) in [6.07, 6.45) is 0. The molecule has 0 aliphatic carbocycles. The van der Waals surface area contributed by atoms with Gasteiger partial charge in [0.05, 0.1) is 12.6 Å². The zero-order valence-electron chi connectivity index (χ0n) is 4.29. The summed E-state index contributed by atoms with van der Waals surface area (Å²) in [6, 6.07) is -0.692. The summed E-state index contributed by atoms with van der Waals surface area (Å²) < 4.78 is 0. The number of hydrogen-bond acceptors (Lipinski definition) is 3. The van der Waals surface area contributed by atoms with Crippen LogP contribution in [0.15, 0.2) is 0 Å². The molecule has 4 nitrogen and oxygen atoms in total. The lowest BCUT2D eigenvalue weighted by molar-refractivity contribution is -0.131. The molecule has 1 rings (SSSR count). The van der Waals surface area contributed by atoms with Crippen LogP contribution in [0.3, 0.4) is 0 Å². The number of carbonyl (C=O) groups excluding carboxylic acids is 1. The van der Waals surface area contributed by atoms with Gasteiger partial charge in [-0.3, -0.25) is 4.79 Å². The van der Waals surface area contributed by atoms with E-state index in [1.807, 2.05) is 0 Å². The first kappa shape index (κ1) is 5.53. The number of hydrogen-bond donors (Lipinski definition) is 3. The van der Waals surface area contributed by atoms with Crippen LogP contribution in [0.25, 0.3) is 0 Å². The molecule has 1 aliphatic rings. The van der Waals surface area contributed by atoms with Gasteiger partial charge in [-0.15, -0.1) is 0 Å². The number of aliphatic hydroxyl groups excluding tert-OH is 1. The molecular weight excluding hydrogens is 108 g/mol. The van der Waals surface area contributed by atoms with Gasteiger partial charge in [-0.05, 0) is 0 Å². The van der Waals surface area contributed by atoms with Gasteiger partial charge in [0.15, 0.2) is 0 Å². The molecule has 1 aliphatic heterocycles. The molecule has 0 saturated carbocycles. The topological polar surface area (TPSA) is 75.4 Å². The molecule has 1 fully saturated rings. The Balaban J connectivity index is 2.35. The molecule has 2 atom stereocenters. The number of nitrogens with two attached hydrogens (primary N) is 1. The Kier molecular flexibility index (Phi) is 1.19. The van der Waals surface area contributed by atoms with Crippen LogP contribution in [-0.2, 0) is 4.79 Å². The van der Waals surface area contributed by atoms with Gasteiger partial charge in [0, 0.05) is 0 Å². The van der Waals surface area contributed by atoms with Gasteiger partial charge >= 0.3 is 0 Å². The molecule has 46 valence electrons. The van der Waals surface area contributed by atoms with Crippen molar-refractivity contribution in [3.63, 3.8) is 0 Å². The normalized spacial score (nSPS) is 36.0. The quantitative estimate of drug-likeness (QED) is 0.340. The predicted molar refractivity (Wildman–Crippen MR) is 27.0 cm³/mol. The van der Waals surface area contributed by atoms with Gasteiger partial charge in [0.1, 0.15) is 6.04 Å². The van der Waals surface area contributed by atoms with Crippen molar-refractivity contribution in [3.05, 3.63) is 0 Å². The lowest BCUT2D eigenvalue weighted by Gasteiger charge is -2.31. The van der Waals surface area contributed by atoms with E-state index in [4.69, 9.17) is 10.8 Å². The van der Waals surface area contributed by atoms with E-state index in [2.05, 4.69) is 5.32 Å². The smallest absolute Gasteiger partial charge is 0.239 e. The van der Waals surface area contributed by atoms with E-state index in [1.54, 1.807) is 0 Å². The molecule has 0 radical (unpaired) electrons. The molecule has 0 aromatic rings.